The number of unbranched alkanes of at least 4 members (excludes halogenated alkanes) is 7. The molecule has 38 nitrogen and oxygen atoms in total. The molecule has 8 aliphatic rings. The van der Waals surface area contributed by atoms with Gasteiger partial charge in [-0.15, -0.1) is 0 Å². The van der Waals surface area contributed by atoms with Crippen molar-refractivity contribution in [1.82, 2.24) is 52.8 Å². The number of hydrogen-bond donors (Lipinski definition) is 21. The molecule has 0 saturated carbocycles. The van der Waals surface area contributed by atoms with Gasteiger partial charge in [-0.3, -0.25) is 38.4 Å². The Labute approximate surface area is 735 Å². The SMILES string of the molecule is CCCCCCCCCCC(=O)N[C@H]1[C@H](Oc2c3cc4cc2Oc2ccc(cc2Cl)[C@@H](O)[C@@H]2NC(=O)[C@H](NC(=O)[C@@H]4NC(=O)[C@H]4NC(=O)[C@@H](Cc5ccc(cc5)O3)NC(=O)[C@H](NC)c3ccc(O)c(c3)Oc3cc(O)c(Cl)c4c3)c3ccc(O)c(c3)-c3c(O[C@H]4O[C@H](CO)[C@@H](O)[C@H](O)[C@@H]4O)cc(O)cc3[C@H](C(=O)NCCCN(C)C)NC2=O)O[C@H](C(=O)O)[C@@H](O)[C@@H]1O. The molecule has 17 bridgehead atoms. The molecule has 8 heterocycles. The minimum absolute atomic E-state index is 0.0939. The number of rotatable bonds is 22. The number of halogens is 2. The van der Waals surface area contributed by atoms with E-state index < -0.39 is 271 Å². The van der Waals surface area contributed by atoms with Crippen molar-refractivity contribution >= 4 is 76.4 Å². The van der Waals surface area contributed by atoms with Gasteiger partial charge in [-0.25, -0.2) is 4.79 Å². The van der Waals surface area contributed by atoms with Crippen LogP contribution < -0.4 is 71.5 Å². The Hall–Kier alpha value is -11.9. The highest BCUT2D eigenvalue weighted by Crippen LogP contribution is 2.51. The van der Waals surface area contributed by atoms with Gasteiger partial charge in [-0.1, -0.05) is 105 Å². The minimum atomic E-state index is -2.45. The molecule has 0 radical (unpaired) electrons. The number of carboxylic acid groups (broad SMARTS) is 1. The fraction of sp³-hybridized carbons (Fsp3) is 0.414. The first-order valence-corrected chi connectivity index (χ1v) is 41.9. The summed E-state index contributed by atoms with van der Waals surface area (Å²) in [6.07, 6.45) is -14.7. The van der Waals surface area contributed by atoms with Crippen LogP contribution in [0.25, 0.3) is 11.1 Å². The molecule has 0 unspecified atom stereocenters. The molecule has 0 spiro atoms. The van der Waals surface area contributed by atoms with E-state index in [9.17, 15) is 75.7 Å². The summed E-state index contributed by atoms with van der Waals surface area (Å²) in [7, 11) is 4.95. The van der Waals surface area contributed by atoms with Crippen molar-refractivity contribution < 1.29 is 138 Å². The fourth-order valence-electron chi connectivity index (χ4n) is 15.8. The lowest BCUT2D eigenvalue weighted by Crippen LogP contribution is -2.66. The number of ether oxygens (including phenoxy) is 7. The zero-order valence-electron chi connectivity index (χ0n) is 68.9. The van der Waals surface area contributed by atoms with Gasteiger partial charge >= 0.3 is 5.97 Å². The summed E-state index contributed by atoms with van der Waals surface area (Å²) in [6, 6.07) is 5.68. The van der Waals surface area contributed by atoms with E-state index in [4.69, 9.17) is 56.4 Å². The quantitative estimate of drug-likeness (QED) is 0.0428. The van der Waals surface area contributed by atoms with Gasteiger partial charge in [-0.05, 0) is 147 Å². The van der Waals surface area contributed by atoms with E-state index in [1.54, 1.807) is 19.0 Å². The molecule has 678 valence electrons. The molecular weight excluding hydrogens is 1700 g/mol. The number of aliphatic carboxylic acids is 1. The molecule has 0 aliphatic carbocycles. The van der Waals surface area contributed by atoms with Gasteiger partial charge in [0, 0.05) is 48.2 Å². The van der Waals surface area contributed by atoms with Gasteiger partial charge < -0.3 is 147 Å². The average molecular weight is 1800 g/mol. The molecule has 8 amide bonds. The molecule has 2 saturated heterocycles. The Kier molecular flexibility index (Phi) is 29.5. The smallest absolute Gasteiger partial charge is 0.335 e. The molecule has 7 aromatic rings. The van der Waals surface area contributed by atoms with Gasteiger partial charge in [0.05, 0.1) is 16.7 Å². The van der Waals surface area contributed by atoms with Crippen LogP contribution in [0, 0.1) is 0 Å². The Balaban J connectivity index is 1.05. The summed E-state index contributed by atoms with van der Waals surface area (Å²) < 4.78 is 44.5. The number of aliphatic hydroxyl groups excluding tert-OH is 7. The third-order valence-electron chi connectivity index (χ3n) is 22.6. The summed E-state index contributed by atoms with van der Waals surface area (Å²) in [5.41, 5.74) is -2.67. The highest BCUT2D eigenvalue weighted by atomic mass is 35.5. The van der Waals surface area contributed by atoms with Crippen LogP contribution in [-0.2, 0) is 59.0 Å². The number of carbonyl (C=O) groups is 9. The number of carbonyl (C=O) groups excluding carboxylic acids is 8. The van der Waals surface area contributed by atoms with E-state index in [0.717, 1.165) is 111 Å². The lowest BCUT2D eigenvalue weighted by Gasteiger charge is -2.41. The summed E-state index contributed by atoms with van der Waals surface area (Å²) >= 11 is 14.3. The Bertz CT molecular complexity index is 5300. The number of phenolic OH excluding ortho intramolecular Hbond substituents is 4. The molecule has 8 aliphatic heterocycles. The number of benzene rings is 7. The van der Waals surface area contributed by atoms with Crippen LogP contribution in [0.15, 0.2) is 115 Å². The van der Waals surface area contributed by atoms with E-state index in [1.165, 1.54) is 49.5 Å². The minimum Gasteiger partial charge on any atom is -0.508 e. The number of carboxylic acids is 1. The van der Waals surface area contributed by atoms with Crippen molar-refractivity contribution in [1.29, 1.82) is 0 Å². The van der Waals surface area contributed by atoms with Crippen molar-refractivity contribution in [3.63, 3.8) is 0 Å². The third-order valence-corrected chi connectivity index (χ3v) is 23.3. The van der Waals surface area contributed by atoms with Gasteiger partial charge in [0.1, 0.15) is 131 Å². The van der Waals surface area contributed by atoms with Crippen LogP contribution in [0.4, 0.5) is 0 Å². The van der Waals surface area contributed by atoms with Crippen molar-refractivity contribution in [2.45, 2.75) is 187 Å². The van der Waals surface area contributed by atoms with E-state index in [0.29, 0.717) is 24.9 Å². The first-order valence-electron chi connectivity index (χ1n) is 41.1. The Morgan fingerprint density at radius 3 is 1.89 bits per heavy atom. The molecule has 7 aromatic carbocycles. The number of hydrogen-bond acceptors (Lipinski definition) is 29. The number of amides is 8. The number of fused-ring (bicyclic) bond motifs is 14. The number of nitrogens with zero attached hydrogens (tertiary/aromatic N) is 1. The van der Waals surface area contributed by atoms with Gasteiger partial charge in [0.15, 0.2) is 29.1 Å². The Morgan fingerprint density at radius 2 is 1.20 bits per heavy atom. The van der Waals surface area contributed by atoms with Crippen LogP contribution in [0.2, 0.25) is 10.0 Å². The highest BCUT2D eigenvalue weighted by molar-refractivity contribution is 6.33. The van der Waals surface area contributed by atoms with Crippen molar-refractivity contribution in [3.8, 4) is 80.1 Å². The summed E-state index contributed by atoms with van der Waals surface area (Å²) in [6.45, 7) is 1.44. The van der Waals surface area contributed by atoms with E-state index in [1.807, 2.05) is 0 Å². The second-order valence-electron chi connectivity index (χ2n) is 31.9. The number of nitrogens with one attached hydrogen (secondary N) is 9. The van der Waals surface area contributed by atoms with E-state index in [2.05, 4.69) is 54.8 Å². The molecule has 15 rings (SSSR count). The summed E-state index contributed by atoms with van der Waals surface area (Å²) in [5, 5.41) is 161. The number of phenols is 4. The maximum atomic E-state index is 16.8. The first-order chi connectivity index (χ1) is 60.7. The summed E-state index contributed by atoms with van der Waals surface area (Å²) in [5.74, 6) is -18.0. The largest absolute Gasteiger partial charge is 0.508 e. The molecule has 21 N–H and O–H groups in total. The normalized spacial score (nSPS) is 25.9. The van der Waals surface area contributed by atoms with E-state index in [-0.39, 0.29) is 47.8 Å². The molecule has 2 fully saturated rings. The number of aliphatic hydroxyl groups is 7. The second-order valence-corrected chi connectivity index (χ2v) is 32.7. The van der Waals surface area contributed by atoms with Crippen LogP contribution in [-0.4, -0.2) is 234 Å². The van der Waals surface area contributed by atoms with Gasteiger partial charge in [-0.2, -0.15) is 0 Å². The topological polar surface area (TPSA) is 573 Å². The van der Waals surface area contributed by atoms with Crippen molar-refractivity contribution in [2.24, 2.45) is 0 Å². The van der Waals surface area contributed by atoms with Crippen LogP contribution >= 0.6 is 23.2 Å². The lowest BCUT2D eigenvalue weighted by atomic mass is 9.89. The monoisotopic (exact) mass is 1800 g/mol. The zero-order valence-corrected chi connectivity index (χ0v) is 70.4. The molecular formula is C87H98Cl2N10O28. The highest BCUT2D eigenvalue weighted by Gasteiger charge is 2.52. The number of aromatic hydroxyl groups is 4. The maximum Gasteiger partial charge on any atom is 0.335 e. The fourth-order valence-corrected chi connectivity index (χ4v) is 16.2. The zero-order chi connectivity index (χ0) is 91.1. The first kappa shape index (κ1) is 92.8. The van der Waals surface area contributed by atoms with Crippen molar-refractivity contribution in [2.75, 3.05) is 40.8 Å². The molecule has 0 aromatic heterocycles. The third kappa shape index (κ3) is 20.9. The van der Waals surface area contributed by atoms with Crippen LogP contribution in [0.1, 0.15) is 146 Å². The number of likely N-dealkylation sites (N-methyl/N-ethyl adjacent to an activating group) is 1. The second kappa shape index (κ2) is 40.4. The predicted octanol–water partition coefficient (Wildman–Crippen LogP) is 3.92. The predicted molar refractivity (Wildman–Crippen MR) is 448 cm³/mol. The van der Waals surface area contributed by atoms with Crippen molar-refractivity contribution in [3.05, 3.63) is 164 Å². The van der Waals surface area contributed by atoms with Crippen LogP contribution in [0.5, 0.6) is 69.0 Å². The average Bonchev–Trinajstić information content (AvgIpc) is 0.744. The lowest BCUT2D eigenvalue weighted by molar-refractivity contribution is -0.277. The van der Waals surface area contributed by atoms with Crippen LogP contribution in [0.3, 0.4) is 0 Å². The summed E-state index contributed by atoms with van der Waals surface area (Å²) in [4.78, 5) is 140. The molecule has 18 atom stereocenters. The van der Waals surface area contributed by atoms with Gasteiger partial charge in [0.25, 0.3) is 0 Å². The molecule has 40 heteroatoms. The van der Waals surface area contributed by atoms with E-state index >= 15 is 28.8 Å². The van der Waals surface area contributed by atoms with Gasteiger partial charge in [0.2, 0.25) is 65.6 Å². The molecule has 127 heavy (non-hydrogen) atoms. The maximum absolute atomic E-state index is 16.8. The Morgan fingerprint density at radius 1 is 0.551 bits per heavy atom. The standard InChI is InChI=1S/C87H98Cl2N10O28/c1-5-6-7-8-9-10-11-12-14-60(105)93-69-72(108)74(110)77(85(119)120)127-86(69)126-76-57-31-42-32-58(76)123-54-24-19-41(29-49(54)88)70(106)68-84(118)97-66(79(113)91-25-13-26-99(3)4)47-33-43(101)34-56(124-87-75(111)73(109)71(107)59(37-100)125-87)61(47)46-28-39(17-22-51(46)102)64(81(115)98-68)94-82(116)65(42)95-83(117)67-48-35-45(36-53(104)62(48)89)122-55-30-40(18-23-52(55)103)63(90-2)80(114)92-50(78(112)96-67)27-38-15-20-44(121-57)21-16-38/h15-24,28-36,50,59,63-75,77,86-87,90,100-104,106-111H,5-14,25-27,37H2,1-4H3,(H,91,113)(H,92,114)(H,93,105)(H,94,116)(H,95,117)(H,96,112)(H,97,118)(H,98,115)(H,119,120)/t50-,59-,63-,64-,65-,66-,67+,68+,69-,70-,71-,72-,73+,74+,75+,77+,86-,87+/m1/s1.